The topological polar surface area (TPSA) is 69.4 Å². The number of anilines is 1. The first kappa shape index (κ1) is 13.0. The highest BCUT2D eigenvalue weighted by molar-refractivity contribution is 7.91. The Morgan fingerprint density at radius 3 is 2.60 bits per heavy atom. The van der Waals surface area contributed by atoms with Gasteiger partial charge in [0.15, 0.2) is 9.84 Å². The minimum absolute atomic E-state index is 0.0121. The van der Waals surface area contributed by atoms with Gasteiger partial charge in [0.05, 0.1) is 22.9 Å². The van der Waals surface area contributed by atoms with Crippen LogP contribution in [0, 0.1) is 0 Å². The number of ether oxygens (including phenoxy) is 1. The summed E-state index contributed by atoms with van der Waals surface area (Å²) in [5, 5.41) is 0. The summed E-state index contributed by atoms with van der Waals surface area (Å²) in [4.78, 5) is 0.199. The van der Waals surface area contributed by atoms with Crippen LogP contribution in [0.3, 0.4) is 0 Å². The van der Waals surface area contributed by atoms with Gasteiger partial charge in [0.1, 0.15) is 5.75 Å². The summed E-state index contributed by atoms with van der Waals surface area (Å²) in [6, 6.07) is 14.1. The number of fused-ring (bicyclic) bond motifs is 1. The third-order valence-electron chi connectivity index (χ3n) is 3.47. The maximum atomic E-state index is 12.5. The molecule has 5 heteroatoms. The Balaban J connectivity index is 1.91. The molecular weight excluding hydrogens is 274 g/mol. The molecule has 20 heavy (non-hydrogen) atoms. The molecule has 2 aromatic carbocycles. The van der Waals surface area contributed by atoms with Gasteiger partial charge in [0.25, 0.3) is 0 Å². The molecule has 0 aromatic heterocycles. The van der Waals surface area contributed by atoms with Crippen molar-refractivity contribution < 1.29 is 13.2 Å². The van der Waals surface area contributed by atoms with Gasteiger partial charge < -0.3 is 10.5 Å². The van der Waals surface area contributed by atoms with Crippen molar-refractivity contribution in [3.63, 3.8) is 0 Å². The Labute approximate surface area is 118 Å². The number of sulfone groups is 1. The fraction of sp³-hybridized carbons (Fsp3) is 0.200. The largest absolute Gasteiger partial charge is 0.493 e. The van der Waals surface area contributed by atoms with Gasteiger partial charge in [0, 0.05) is 11.5 Å². The van der Waals surface area contributed by atoms with Gasteiger partial charge in [-0.25, -0.2) is 8.42 Å². The molecule has 1 heterocycles. The molecule has 104 valence electrons. The van der Waals surface area contributed by atoms with Gasteiger partial charge >= 0.3 is 0 Å². The summed E-state index contributed by atoms with van der Waals surface area (Å²) >= 11 is 0. The average molecular weight is 289 g/mol. The van der Waals surface area contributed by atoms with Gasteiger partial charge in [0.2, 0.25) is 0 Å². The minimum atomic E-state index is -3.42. The van der Waals surface area contributed by atoms with E-state index in [4.69, 9.17) is 10.5 Å². The van der Waals surface area contributed by atoms with E-state index in [1.54, 1.807) is 24.3 Å². The SMILES string of the molecule is Nc1ccccc1S(=O)(=O)CC1COc2ccccc21. The molecular formula is C15H15NO3S. The Bertz CT molecular complexity index is 740. The van der Waals surface area contributed by atoms with Crippen molar-refractivity contribution in [2.45, 2.75) is 10.8 Å². The Morgan fingerprint density at radius 1 is 1.10 bits per heavy atom. The van der Waals surface area contributed by atoms with Crippen LogP contribution in [0.1, 0.15) is 11.5 Å². The maximum Gasteiger partial charge on any atom is 0.181 e. The third-order valence-corrected chi connectivity index (χ3v) is 5.36. The Morgan fingerprint density at radius 2 is 1.80 bits per heavy atom. The van der Waals surface area contributed by atoms with Crippen molar-refractivity contribution in [3.8, 4) is 5.75 Å². The predicted octanol–water partition coefficient (Wildman–Crippen LogP) is 2.22. The Hall–Kier alpha value is -2.01. The number of benzene rings is 2. The van der Waals surface area contributed by atoms with Gasteiger partial charge in [-0.2, -0.15) is 0 Å². The molecule has 4 nitrogen and oxygen atoms in total. The van der Waals surface area contributed by atoms with Crippen LogP contribution in [0.15, 0.2) is 53.4 Å². The maximum absolute atomic E-state index is 12.5. The summed E-state index contributed by atoms with van der Waals surface area (Å²) in [7, 11) is -3.42. The second-order valence-corrected chi connectivity index (χ2v) is 6.87. The van der Waals surface area contributed by atoms with Crippen LogP contribution < -0.4 is 10.5 Å². The predicted molar refractivity (Wildman–Crippen MR) is 77.6 cm³/mol. The Kier molecular flexibility index (Phi) is 3.14. The summed E-state index contributed by atoms with van der Waals surface area (Å²) in [5.74, 6) is 0.641. The lowest BCUT2D eigenvalue weighted by Crippen LogP contribution is -2.17. The highest BCUT2D eigenvalue weighted by Gasteiger charge is 2.30. The van der Waals surface area contributed by atoms with Crippen LogP contribution in [-0.2, 0) is 9.84 Å². The number of para-hydroxylation sites is 2. The standard InChI is InChI=1S/C15H15NO3S/c16-13-6-2-4-8-15(13)20(17,18)10-11-9-19-14-7-3-1-5-12(11)14/h1-8,11H,9-10,16H2. The van der Waals surface area contributed by atoms with E-state index in [1.165, 1.54) is 0 Å². The monoisotopic (exact) mass is 289 g/mol. The molecule has 0 spiro atoms. The van der Waals surface area contributed by atoms with Crippen LogP contribution in [0.25, 0.3) is 0 Å². The lowest BCUT2D eigenvalue weighted by molar-refractivity contribution is 0.337. The van der Waals surface area contributed by atoms with E-state index in [1.807, 2.05) is 24.3 Å². The van der Waals surface area contributed by atoms with Gasteiger partial charge in [-0.05, 0) is 18.2 Å². The fourth-order valence-corrected chi connectivity index (χ4v) is 4.18. The van der Waals surface area contributed by atoms with Crippen LogP contribution in [-0.4, -0.2) is 20.8 Å². The molecule has 1 atom stereocenters. The van der Waals surface area contributed by atoms with E-state index in [0.29, 0.717) is 12.3 Å². The number of nitrogen functional groups attached to an aromatic ring is 1. The van der Waals surface area contributed by atoms with Gasteiger partial charge in [-0.3, -0.25) is 0 Å². The summed E-state index contributed by atoms with van der Waals surface area (Å²) in [6.45, 7) is 0.394. The second-order valence-electron chi connectivity index (χ2n) is 4.86. The van der Waals surface area contributed by atoms with E-state index in [-0.39, 0.29) is 16.6 Å². The summed E-state index contributed by atoms with van der Waals surface area (Å²) in [6.07, 6.45) is 0. The average Bonchev–Trinajstić information content (AvgIpc) is 2.82. The molecule has 0 amide bonds. The number of hydrogen-bond donors (Lipinski definition) is 1. The molecule has 0 fully saturated rings. The molecule has 0 saturated carbocycles. The van der Waals surface area contributed by atoms with Gasteiger partial charge in [-0.1, -0.05) is 30.3 Å². The molecule has 1 aliphatic heterocycles. The van der Waals surface area contributed by atoms with E-state index < -0.39 is 9.84 Å². The zero-order valence-corrected chi connectivity index (χ0v) is 11.6. The second kappa shape index (κ2) is 4.83. The first-order valence-corrected chi connectivity index (χ1v) is 8.02. The lowest BCUT2D eigenvalue weighted by atomic mass is 10.0. The van der Waals surface area contributed by atoms with Crippen molar-refractivity contribution >= 4 is 15.5 Å². The van der Waals surface area contributed by atoms with Crippen molar-refractivity contribution in [1.82, 2.24) is 0 Å². The molecule has 2 aromatic rings. The molecule has 0 aliphatic carbocycles. The summed E-state index contributed by atoms with van der Waals surface area (Å²) in [5.41, 5.74) is 7.01. The molecule has 0 bridgehead atoms. The van der Waals surface area contributed by atoms with Crippen LogP contribution in [0.2, 0.25) is 0 Å². The quantitative estimate of drug-likeness (QED) is 0.880. The minimum Gasteiger partial charge on any atom is -0.493 e. The number of hydrogen-bond acceptors (Lipinski definition) is 4. The first-order chi connectivity index (χ1) is 9.58. The van der Waals surface area contributed by atoms with E-state index >= 15 is 0 Å². The smallest absolute Gasteiger partial charge is 0.181 e. The van der Waals surface area contributed by atoms with E-state index in [2.05, 4.69) is 0 Å². The third kappa shape index (κ3) is 2.25. The van der Waals surface area contributed by atoms with Gasteiger partial charge in [-0.15, -0.1) is 0 Å². The zero-order chi connectivity index (χ0) is 14.2. The zero-order valence-electron chi connectivity index (χ0n) is 10.8. The highest BCUT2D eigenvalue weighted by atomic mass is 32.2. The number of nitrogens with two attached hydrogens (primary N) is 1. The fourth-order valence-electron chi connectivity index (χ4n) is 2.49. The molecule has 2 N–H and O–H groups in total. The number of rotatable bonds is 3. The van der Waals surface area contributed by atoms with E-state index in [9.17, 15) is 8.42 Å². The van der Waals surface area contributed by atoms with Crippen molar-refractivity contribution in [3.05, 3.63) is 54.1 Å². The lowest BCUT2D eigenvalue weighted by Gasteiger charge is -2.11. The highest BCUT2D eigenvalue weighted by Crippen LogP contribution is 2.35. The van der Waals surface area contributed by atoms with Crippen LogP contribution >= 0.6 is 0 Å². The molecule has 1 unspecified atom stereocenters. The molecule has 3 rings (SSSR count). The van der Waals surface area contributed by atoms with E-state index in [0.717, 1.165) is 11.3 Å². The normalized spacial score (nSPS) is 17.5. The van der Waals surface area contributed by atoms with Crippen molar-refractivity contribution in [2.75, 3.05) is 18.1 Å². The van der Waals surface area contributed by atoms with Crippen LogP contribution in [0.5, 0.6) is 5.75 Å². The first-order valence-electron chi connectivity index (χ1n) is 6.37. The van der Waals surface area contributed by atoms with Crippen molar-refractivity contribution in [1.29, 1.82) is 0 Å². The van der Waals surface area contributed by atoms with Crippen molar-refractivity contribution in [2.24, 2.45) is 0 Å². The molecule has 0 saturated heterocycles. The molecule has 1 aliphatic rings. The van der Waals surface area contributed by atoms with Crippen LogP contribution in [0.4, 0.5) is 5.69 Å². The molecule has 0 radical (unpaired) electrons. The summed E-state index contributed by atoms with van der Waals surface area (Å²) < 4.78 is 30.5.